The number of nitrogens with zero attached hydrogens (tertiary/aromatic N) is 6. The molecular weight excluding hydrogens is 760 g/mol. The molecule has 4 heterocycles. The third-order valence-electron chi connectivity index (χ3n) is 8.66. The zero-order chi connectivity index (χ0) is 40.5. The maximum absolute atomic E-state index is 13.8. The molecule has 5 aromatic rings. The lowest BCUT2D eigenvalue weighted by molar-refractivity contribution is -0.192. The predicted octanol–water partition coefficient (Wildman–Crippen LogP) is 7.43. The van der Waals surface area contributed by atoms with E-state index in [9.17, 15) is 41.0 Å². The molecular formula is C36H32ClF6N7O5. The van der Waals surface area contributed by atoms with Crippen LogP contribution in [-0.2, 0) is 21.4 Å². The highest BCUT2D eigenvalue weighted by Crippen LogP contribution is 2.36. The van der Waals surface area contributed by atoms with E-state index in [1.165, 1.54) is 35.2 Å². The van der Waals surface area contributed by atoms with Gasteiger partial charge in [0.15, 0.2) is 5.69 Å². The second-order valence-electron chi connectivity index (χ2n) is 13.2. The molecule has 1 aliphatic rings. The van der Waals surface area contributed by atoms with E-state index in [0.717, 1.165) is 22.0 Å². The molecule has 2 aromatic carbocycles. The highest BCUT2D eigenvalue weighted by Gasteiger charge is 2.38. The number of carbonyl (C=O) groups is 2. The Kier molecular flexibility index (Phi) is 11.5. The first-order chi connectivity index (χ1) is 25.6. The van der Waals surface area contributed by atoms with E-state index in [1.807, 2.05) is 25.1 Å². The van der Waals surface area contributed by atoms with Gasteiger partial charge in [-0.2, -0.15) is 26.3 Å². The average Bonchev–Trinajstić information content (AvgIpc) is 3.61. The zero-order valence-electron chi connectivity index (χ0n) is 29.2. The lowest BCUT2D eigenvalue weighted by Gasteiger charge is -2.24. The number of amides is 1. The zero-order valence-corrected chi connectivity index (χ0v) is 29.9. The SMILES string of the molecule is C[C@@H]1CCC[C@H](n2cnc(-c3cc(Cl)ccc3-n3cc(C(F)(F)F)nn3)cc2=O)c2cc(ccn2)-c2ccc(C(C)(C)O)cc2NC1=O.O=C(O)C(F)(F)F. The summed E-state index contributed by atoms with van der Waals surface area (Å²) in [5.74, 6) is -3.26. The van der Waals surface area contributed by atoms with Crippen LogP contribution in [0, 0.1) is 5.92 Å². The minimum absolute atomic E-state index is 0.161. The van der Waals surface area contributed by atoms with Crippen LogP contribution < -0.4 is 10.9 Å². The van der Waals surface area contributed by atoms with Gasteiger partial charge in [-0.15, -0.1) is 5.10 Å². The van der Waals surface area contributed by atoms with Gasteiger partial charge in [0, 0.05) is 40.0 Å². The number of nitrogens with one attached hydrogen (secondary N) is 1. The number of carbonyl (C=O) groups excluding carboxylic acids is 1. The Balaban J connectivity index is 0.000000757. The molecule has 0 fully saturated rings. The van der Waals surface area contributed by atoms with Gasteiger partial charge in [-0.05, 0) is 74.2 Å². The van der Waals surface area contributed by atoms with Crippen molar-refractivity contribution in [2.24, 2.45) is 5.92 Å². The number of anilines is 1. The van der Waals surface area contributed by atoms with E-state index in [0.29, 0.717) is 36.2 Å². The fraction of sp³-hybridized carbons (Fsp3) is 0.306. The summed E-state index contributed by atoms with van der Waals surface area (Å²) in [6, 6.07) is 14.3. The quantitative estimate of drug-likeness (QED) is 0.157. The Morgan fingerprint density at radius 3 is 2.27 bits per heavy atom. The van der Waals surface area contributed by atoms with Crippen LogP contribution in [0.15, 0.2) is 78.1 Å². The molecule has 0 spiro atoms. The first kappa shape index (κ1) is 40.6. The molecule has 0 aliphatic carbocycles. The number of benzene rings is 2. The van der Waals surface area contributed by atoms with Crippen molar-refractivity contribution in [1.29, 1.82) is 0 Å². The van der Waals surface area contributed by atoms with E-state index in [4.69, 9.17) is 21.5 Å². The number of alkyl halides is 6. The van der Waals surface area contributed by atoms with Crippen molar-refractivity contribution in [3.8, 4) is 28.1 Å². The molecule has 19 heteroatoms. The highest BCUT2D eigenvalue weighted by atomic mass is 35.5. The molecule has 0 unspecified atom stereocenters. The number of carboxylic acids is 1. The molecule has 6 rings (SSSR count). The number of hydrogen-bond acceptors (Lipinski definition) is 8. The number of rotatable bonds is 4. The Hall–Kier alpha value is -5.62. The van der Waals surface area contributed by atoms with Gasteiger partial charge >= 0.3 is 18.3 Å². The maximum atomic E-state index is 13.8. The van der Waals surface area contributed by atoms with Gasteiger partial charge in [-0.25, -0.2) is 14.5 Å². The summed E-state index contributed by atoms with van der Waals surface area (Å²) in [7, 11) is 0. The van der Waals surface area contributed by atoms with Crippen molar-refractivity contribution in [2.45, 2.75) is 64.0 Å². The number of aliphatic carboxylic acids is 1. The molecule has 12 nitrogen and oxygen atoms in total. The van der Waals surface area contributed by atoms with Crippen molar-refractivity contribution in [1.82, 2.24) is 29.5 Å². The molecule has 2 atom stereocenters. The second-order valence-corrected chi connectivity index (χ2v) is 13.6. The molecule has 1 amide bonds. The maximum Gasteiger partial charge on any atom is 0.490 e. The van der Waals surface area contributed by atoms with Gasteiger partial charge in [-0.3, -0.25) is 19.1 Å². The third kappa shape index (κ3) is 9.55. The van der Waals surface area contributed by atoms with E-state index in [-0.39, 0.29) is 33.8 Å². The predicted molar refractivity (Wildman–Crippen MR) is 187 cm³/mol. The normalized spacial score (nSPS) is 16.5. The van der Waals surface area contributed by atoms with Crippen molar-refractivity contribution in [3.63, 3.8) is 0 Å². The molecule has 55 heavy (non-hydrogen) atoms. The van der Waals surface area contributed by atoms with Gasteiger partial charge in [0.2, 0.25) is 5.91 Å². The molecule has 0 radical (unpaired) electrons. The standard InChI is InChI=1S/C34H31ClF3N7O3.C2HF3O2/c1-19-5-4-6-29(27-13-20(11-12-39-27)23-9-7-21(33(2,3)48)14-26(23)41-32(19)47)44-18-40-25(16-31(44)46)24-15-22(35)8-10-28(24)45-17-30(42-43-45)34(36,37)38;3-2(4,5)1(6)7/h7-19,29,48H,4-6H2,1-3H3,(H,41,47);(H,6,7)/t19-,29+;/m1./s1. The monoisotopic (exact) mass is 791 g/mol. The Morgan fingerprint density at radius 2 is 1.65 bits per heavy atom. The summed E-state index contributed by atoms with van der Waals surface area (Å²) in [5, 5.41) is 28.0. The number of carboxylic acid groups (broad SMARTS) is 1. The summed E-state index contributed by atoms with van der Waals surface area (Å²) < 4.78 is 73.9. The number of pyridine rings is 1. The van der Waals surface area contributed by atoms with Crippen LogP contribution in [0.4, 0.5) is 32.0 Å². The van der Waals surface area contributed by atoms with E-state index >= 15 is 0 Å². The molecule has 2 bridgehead atoms. The van der Waals surface area contributed by atoms with Crippen LogP contribution in [0.2, 0.25) is 5.02 Å². The van der Waals surface area contributed by atoms with E-state index in [2.05, 4.69) is 25.6 Å². The Bertz CT molecular complexity index is 2280. The van der Waals surface area contributed by atoms with Crippen molar-refractivity contribution in [2.75, 3.05) is 5.32 Å². The lowest BCUT2D eigenvalue weighted by atomic mass is 9.92. The number of hydrogen-bond donors (Lipinski definition) is 3. The fourth-order valence-electron chi connectivity index (χ4n) is 5.73. The fourth-order valence-corrected chi connectivity index (χ4v) is 5.90. The molecule has 0 saturated carbocycles. The van der Waals surface area contributed by atoms with Crippen molar-refractivity contribution < 1.29 is 46.1 Å². The second kappa shape index (κ2) is 15.6. The lowest BCUT2D eigenvalue weighted by Crippen LogP contribution is -2.27. The molecule has 3 aromatic heterocycles. The molecule has 1 aliphatic heterocycles. The van der Waals surface area contributed by atoms with Crippen LogP contribution >= 0.6 is 11.6 Å². The minimum atomic E-state index is -5.08. The smallest absolute Gasteiger partial charge is 0.475 e. The minimum Gasteiger partial charge on any atom is -0.475 e. The Morgan fingerprint density at radius 1 is 0.945 bits per heavy atom. The topological polar surface area (TPSA) is 165 Å². The number of halogens is 7. The number of aromatic nitrogens is 6. The van der Waals surface area contributed by atoms with Gasteiger partial charge in [0.05, 0.1) is 41.2 Å². The van der Waals surface area contributed by atoms with Crippen molar-refractivity contribution >= 4 is 29.2 Å². The number of aliphatic hydroxyl groups is 1. The highest BCUT2D eigenvalue weighted by molar-refractivity contribution is 6.31. The first-order valence-electron chi connectivity index (χ1n) is 16.5. The van der Waals surface area contributed by atoms with Crippen molar-refractivity contribution in [3.05, 3.63) is 106 Å². The summed E-state index contributed by atoms with van der Waals surface area (Å²) in [4.78, 5) is 45.1. The van der Waals surface area contributed by atoms with Crippen LogP contribution in [0.3, 0.4) is 0 Å². The molecule has 3 N–H and O–H groups in total. The van der Waals surface area contributed by atoms with Gasteiger partial charge in [-0.1, -0.05) is 42.3 Å². The van der Waals surface area contributed by atoms with Crippen LogP contribution in [0.5, 0.6) is 0 Å². The Labute approximate surface area is 313 Å². The van der Waals surface area contributed by atoms with Crippen LogP contribution in [0.25, 0.3) is 28.1 Å². The summed E-state index contributed by atoms with van der Waals surface area (Å²) in [6.45, 7) is 5.18. The van der Waals surface area contributed by atoms with Crippen LogP contribution in [0.1, 0.15) is 63.0 Å². The van der Waals surface area contributed by atoms with Gasteiger partial charge in [0.1, 0.15) is 0 Å². The summed E-state index contributed by atoms with van der Waals surface area (Å²) >= 11 is 6.25. The van der Waals surface area contributed by atoms with E-state index in [1.54, 1.807) is 32.2 Å². The largest absolute Gasteiger partial charge is 0.490 e. The van der Waals surface area contributed by atoms with Gasteiger partial charge < -0.3 is 15.5 Å². The van der Waals surface area contributed by atoms with Gasteiger partial charge in [0.25, 0.3) is 5.56 Å². The number of fused-ring (bicyclic) bond motifs is 4. The summed E-state index contributed by atoms with van der Waals surface area (Å²) in [5.41, 5.74) is 1.21. The molecule has 0 saturated heterocycles. The third-order valence-corrected chi connectivity index (χ3v) is 8.89. The van der Waals surface area contributed by atoms with Crippen LogP contribution in [-0.4, -0.2) is 57.8 Å². The van der Waals surface area contributed by atoms with E-state index < -0.39 is 41.2 Å². The first-order valence-corrected chi connectivity index (χ1v) is 16.8. The summed E-state index contributed by atoms with van der Waals surface area (Å²) in [6.07, 6.45) is -4.40. The molecule has 290 valence electrons. The average molecular weight is 792 g/mol.